The normalized spacial score (nSPS) is 19.9. The molecule has 0 amide bonds. The number of nitrogens with zero attached hydrogens (tertiary/aromatic N) is 4. The second-order valence-corrected chi connectivity index (χ2v) is 4.31. The van der Waals surface area contributed by atoms with Gasteiger partial charge in [0.15, 0.2) is 5.82 Å². The molecule has 0 bridgehead atoms. The van der Waals surface area contributed by atoms with Gasteiger partial charge in [-0.15, -0.1) is 10.2 Å². The summed E-state index contributed by atoms with van der Waals surface area (Å²) in [7, 11) is 1.78. The molecule has 1 aromatic heterocycles. The van der Waals surface area contributed by atoms with Crippen LogP contribution in [0, 0.1) is 5.92 Å². The monoisotopic (exact) mass is 225 g/mol. The van der Waals surface area contributed by atoms with Crippen LogP contribution in [0.2, 0.25) is 0 Å². The second-order valence-electron chi connectivity index (χ2n) is 4.31. The molecule has 0 radical (unpaired) electrons. The molecule has 0 aliphatic carbocycles. The molecule has 0 saturated carbocycles. The molecule has 16 heavy (non-hydrogen) atoms. The van der Waals surface area contributed by atoms with Crippen LogP contribution in [0.5, 0.6) is 0 Å². The zero-order valence-corrected chi connectivity index (χ0v) is 9.89. The van der Waals surface area contributed by atoms with Crippen LogP contribution in [0.4, 0.5) is 0 Å². The molecular formula is C10H19N5O. The van der Waals surface area contributed by atoms with Gasteiger partial charge in [0.05, 0.1) is 13.6 Å². The van der Waals surface area contributed by atoms with Crippen molar-refractivity contribution >= 4 is 0 Å². The SMILES string of the molecule is CC(NCc1nnn(C)n1)C1CCOCC1. The standard InChI is InChI=1S/C10H19N5O/c1-8(9-3-5-16-6-4-9)11-7-10-12-14-15(2)13-10/h8-9,11H,3-7H2,1-2H3. The van der Waals surface area contributed by atoms with Crippen molar-refractivity contribution in [1.82, 2.24) is 25.5 Å². The first-order chi connectivity index (χ1) is 7.75. The number of rotatable bonds is 4. The van der Waals surface area contributed by atoms with Gasteiger partial charge in [-0.05, 0) is 30.9 Å². The Bertz CT molecular complexity index is 321. The van der Waals surface area contributed by atoms with Crippen LogP contribution in [-0.4, -0.2) is 39.5 Å². The van der Waals surface area contributed by atoms with E-state index in [1.807, 2.05) is 0 Å². The Kier molecular flexibility index (Phi) is 3.84. The Morgan fingerprint density at radius 3 is 2.88 bits per heavy atom. The van der Waals surface area contributed by atoms with Crippen LogP contribution >= 0.6 is 0 Å². The number of aromatic nitrogens is 4. The maximum Gasteiger partial charge on any atom is 0.188 e. The van der Waals surface area contributed by atoms with Crippen LogP contribution in [0.1, 0.15) is 25.6 Å². The van der Waals surface area contributed by atoms with Crippen molar-refractivity contribution in [2.24, 2.45) is 13.0 Å². The highest BCUT2D eigenvalue weighted by Gasteiger charge is 2.20. The Balaban J connectivity index is 1.76. The summed E-state index contributed by atoms with van der Waals surface area (Å²) >= 11 is 0. The second kappa shape index (κ2) is 5.36. The topological polar surface area (TPSA) is 64.9 Å². The first kappa shape index (κ1) is 11.5. The molecule has 0 spiro atoms. The van der Waals surface area contributed by atoms with Gasteiger partial charge in [0.1, 0.15) is 0 Å². The van der Waals surface area contributed by atoms with Gasteiger partial charge >= 0.3 is 0 Å². The van der Waals surface area contributed by atoms with E-state index in [-0.39, 0.29) is 0 Å². The Morgan fingerprint density at radius 2 is 2.25 bits per heavy atom. The van der Waals surface area contributed by atoms with E-state index >= 15 is 0 Å². The molecule has 2 rings (SSSR count). The van der Waals surface area contributed by atoms with Crippen LogP contribution in [0.15, 0.2) is 0 Å². The fraction of sp³-hybridized carbons (Fsp3) is 0.900. The molecule has 90 valence electrons. The molecule has 1 saturated heterocycles. The van der Waals surface area contributed by atoms with Gasteiger partial charge in [-0.2, -0.15) is 4.80 Å². The van der Waals surface area contributed by atoms with Crippen molar-refractivity contribution in [1.29, 1.82) is 0 Å². The van der Waals surface area contributed by atoms with Crippen molar-refractivity contribution < 1.29 is 4.74 Å². The first-order valence-electron chi connectivity index (χ1n) is 5.79. The molecule has 0 aromatic carbocycles. The van der Waals surface area contributed by atoms with E-state index in [2.05, 4.69) is 27.7 Å². The van der Waals surface area contributed by atoms with Gasteiger partial charge in [-0.25, -0.2) is 0 Å². The molecule has 1 aliphatic rings. The lowest BCUT2D eigenvalue weighted by Crippen LogP contribution is -2.36. The minimum absolute atomic E-state index is 0.479. The van der Waals surface area contributed by atoms with Gasteiger partial charge < -0.3 is 10.1 Å². The smallest absolute Gasteiger partial charge is 0.188 e. The highest BCUT2D eigenvalue weighted by Crippen LogP contribution is 2.18. The zero-order valence-electron chi connectivity index (χ0n) is 9.89. The number of hydrogen-bond donors (Lipinski definition) is 1. The molecule has 1 aliphatic heterocycles. The third kappa shape index (κ3) is 2.99. The predicted molar refractivity (Wildman–Crippen MR) is 58.6 cm³/mol. The summed E-state index contributed by atoms with van der Waals surface area (Å²) in [6, 6.07) is 0.479. The number of nitrogens with one attached hydrogen (secondary N) is 1. The molecular weight excluding hydrogens is 206 g/mol. The van der Waals surface area contributed by atoms with Gasteiger partial charge in [0, 0.05) is 19.3 Å². The molecule has 1 atom stereocenters. The summed E-state index contributed by atoms with van der Waals surface area (Å²) in [4.78, 5) is 1.48. The van der Waals surface area contributed by atoms with E-state index < -0.39 is 0 Å². The molecule has 1 N–H and O–H groups in total. The lowest BCUT2D eigenvalue weighted by molar-refractivity contribution is 0.0557. The zero-order chi connectivity index (χ0) is 11.4. The lowest BCUT2D eigenvalue weighted by Gasteiger charge is -2.28. The minimum Gasteiger partial charge on any atom is -0.381 e. The molecule has 1 unspecified atom stereocenters. The third-order valence-corrected chi connectivity index (χ3v) is 3.10. The van der Waals surface area contributed by atoms with Gasteiger partial charge in [0.25, 0.3) is 0 Å². The van der Waals surface area contributed by atoms with E-state index in [9.17, 15) is 0 Å². The number of hydrogen-bond acceptors (Lipinski definition) is 5. The maximum atomic E-state index is 5.35. The van der Waals surface area contributed by atoms with E-state index in [4.69, 9.17) is 4.74 Å². The van der Waals surface area contributed by atoms with Crippen molar-refractivity contribution in [3.63, 3.8) is 0 Å². The Labute approximate surface area is 95.4 Å². The van der Waals surface area contributed by atoms with E-state index in [1.165, 1.54) is 4.80 Å². The maximum absolute atomic E-state index is 5.35. The summed E-state index contributed by atoms with van der Waals surface area (Å²) in [5, 5.41) is 15.3. The highest BCUT2D eigenvalue weighted by molar-refractivity contribution is 4.80. The molecule has 2 heterocycles. The number of ether oxygens (including phenoxy) is 1. The lowest BCUT2D eigenvalue weighted by atomic mass is 9.93. The summed E-state index contributed by atoms with van der Waals surface area (Å²) in [5.41, 5.74) is 0. The van der Waals surface area contributed by atoms with Crippen molar-refractivity contribution in [3.05, 3.63) is 5.82 Å². The summed E-state index contributed by atoms with van der Waals surface area (Å²) in [6.07, 6.45) is 2.28. The van der Waals surface area contributed by atoms with Crippen molar-refractivity contribution in [3.8, 4) is 0 Å². The fourth-order valence-corrected chi connectivity index (χ4v) is 2.03. The number of aryl methyl sites for hydroxylation is 1. The number of tetrazole rings is 1. The molecule has 6 heteroatoms. The Hall–Kier alpha value is -1.01. The molecule has 6 nitrogen and oxygen atoms in total. The summed E-state index contributed by atoms with van der Waals surface area (Å²) in [5.74, 6) is 1.45. The van der Waals surface area contributed by atoms with Crippen LogP contribution < -0.4 is 5.32 Å². The van der Waals surface area contributed by atoms with Gasteiger partial charge in [-0.3, -0.25) is 0 Å². The molecule has 1 aromatic rings. The van der Waals surface area contributed by atoms with Gasteiger partial charge in [0.2, 0.25) is 0 Å². The highest BCUT2D eigenvalue weighted by atomic mass is 16.5. The van der Waals surface area contributed by atoms with Crippen LogP contribution in [-0.2, 0) is 18.3 Å². The minimum atomic E-state index is 0.479. The average Bonchev–Trinajstić information content (AvgIpc) is 2.73. The first-order valence-corrected chi connectivity index (χ1v) is 5.79. The largest absolute Gasteiger partial charge is 0.381 e. The average molecular weight is 225 g/mol. The van der Waals surface area contributed by atoms with E-state index in [1.54, 1.807) is 7.05 Å². The summed E-state index contributed by atoms with van der Waals surface area (Å²) < 4.78 is 5.35. The van der Waals surface area contributed by atoms with Crippen molar-refractivity contribution in [2.75, 3.05) is 13.2 Å². The third-order valence-electron chi connectivity index (χ3n) is 3.10. The van der Waals surface area contributed by atoms with Gasteiger partial charge in [-0.1, -0.05) is 0 Å². The van der Waals surface area contributed by atoms with E-state index in [0.717, 1.165) is 31.9 Å². The van der Waals surface area contributed by atoms with Crippen molar-refractivity contribution in [2.45, 2.75) is 32.4 Å². The van der Waals surface area contributed by atoms with E-state index in [0.29, 0.717) is 18.5 Å². The predicted octanol–water partition coefficient (Wildman–Crippen LogP) is 0.115. The van der Waals surface area contributed by atoms with Crippen LogP contribution in [0.3, 0.4) is 0 Å². The Morgan fingerprint density at radius 1 is 1.50 bits per heavy atom. The quantitative estimate of drug-likeness (QED) is 0.788. The summed E-state index contributed by atoms with van der Waals surface area (Å²) in [6.45, 7) is 4.68. The fourth-order valence-electron chi connectivity index (χ4n) is 2.03. The molecule has 1 fully saturated rings. The van der Waals surface area contributed by atoms with Crippen LogP contribution in [0.25, 0.3) is 0 Å².